The number of carboxylic acids is 1. The van der Waals surface area contributed by atoms with Crippen molar-refractivity contribution in [3.8, 4) is 0 Å². The van der Waals surface area contributed by atoms with E-state index in [1.807, 2.05) is 31.4 Å². The number of nitrogens with zero attached hydrogens (tertiary/aromatic N) is 2. The van der Waals surface area contributed by atoms with E-state index in [0.717, 1.165) is 11.3 Å². The molecular weight excluding hydrogens is 264 g/mol. The van der Waals surface area contributed by atoms with Crippen molar-refractivity contribution in [2.45, 2.75) is 12.8 Å². The Balaban J connectivity index is 2.08. The molecule has 0 saturated carbocycles. The molecule has 2 rings (SSSR count). The van der Waals surface area contributed by atoms with Crippen LogP contribution in [0.2, 0.25) is 5.02 Å². The van der Waals surface area contributed by atoms with Gasteiger partial charge in [0.05, 0.1) is 11.6 Å². The molecule has 1 N–H and O–H groups in total. The van der Waals surface area contributed by atoms with E-state index >= 15 is 0 Å². The lowest BCUT2D eigenvalue weighted by atomic mass is 9.95. The molecule has 0 saturated heterocycles. The molecule has 100 valence electrons. The second kappa shape index (κ2) is 5.89. The van der Waals surface area contributed by atoms with Crippen LogP contribution in [0.3, 0.4) is 0 Å². The molecule has 4 nitrogen and oxygen atoms in total. The van der Waals surface area contributed by atoms with Crippen molar-refractivity contribution in [3.63, 3.8) is 0 Å². The van der Waals surface area contributed by atoms with Crippen molar-refractivity contribution in [1.82, 2.24) is 9.78 Å². The van der Waals surface area contributed by atoms with Crippen LogP contribution in [0.4, 0.5) is 0 Å². The maximum atomic E-state index is 11.3. The molecule has 0 radical (unpaired) electrons. The molecule has 0 spiro atoms. The van der Waals surface area contributed by atoms with Gasteiger partial charge in [0.2, 0.25) is 0 Å². The summed E-state index contributed by atoms with van der Waals surface area (Å²) in [6.45, 7) is 0. The Kier molecular flexibility index (Phi) is 4.22. The number of hydrogen-bond donors (Lipinski definition) is 1. The molecule has 1 atom stereocenters. The van der Waals surface area contributed by atoms with E-state index in [1.54, 1.807) is 16.8 Å². The number of halogens is 1. The van der Waals surface area contributed by atoms with E-state index in [4.69, 9.17) is 11.6 Å². The molecule has 0 aliphatic carbocycles. The monoisotopic (exact) mass is 278 g/mol. The van der Waals surface area contributed by atoms with Crippen molar-refractivity contribution < 1.29 is 9.90 Å². The van der Waals surface area contributed by atoms with Gasteiger partial charge in [0.1, 0.15) is 0 Å². The van der Waals surface area contributed by atoms with Crippen molar-refractivity contribution in [2.75, 3.05) is 0 Å². The van der Waals surface area contributed by atoms with Gasteiger partial charge in [-0.15, -0.1) is 0 Å². The van der Waals surface area contributed by atoms with Gasteiger partial charge in [-0.05, 0) is 30.2 Å². The lowest BCUT2D eigenvalue weighted by Crippen LogP contribution is -2.19. The molecular formula is C14H15ClN2O2. The number of carboxylic acid groups (broad SMARTS) is 1. The minimum absolute atomic E-state index is 0.429. The van der Waals surface area contributed by atoms with Crippen molar-refractivity contribution >= 4 is 17.6 Å². The van der Waals surface area contributed by atoms with E-state index in [2.05, 4.69) is 5.10 Å². The van der Waals surface area contributed by atoms with Gasteiger partial charge in [0.25, 0.3) is 0 Å². The van der Waals surface area contributed by atoms with Gasteiger partial charge >= 0.3 is 5.97 Å². The number of aliphatic carboxylic acids is 1. The first-order valence-corrected chi connectivity index (χ1v) is 6.38. The Bertz CT molecular complexity index is 563. The van der Waals surface area contributed by atoms with Crippen LogP contribution in [0.25, 0.3) is 0 Å². The Labute approximate surface area is 116 Å². The highest BCUT2D eigenvalue weighted by atomic mass is 35.5. The lowest BCUT2D eigenvalue weighted by Gasteiger charge is -2.11. The molecule has 0 fully saturated rings. The SMILES string of the molecule is Cn1ccc(CC(Cc2ccc(Cl)cc2)C(=O)O)n1. The van der Waals surface area contributed by atoms with Crippen LogP contribution in [0.5, 0.6) is 0 Å². The molecule has 2 aromatic rings. The van der Waals surface area contributed by atoms with Crippen LogP contribution >= 0.6 is 11.6 Å². The van der Waals surface area contributed by atoms with Gasteiger partial charge in [0, 0.05) is 24.7 Å². The van der Waals surface area contributed by atoms with Gasteiger partial charge in [-0.25, -0.2) is 0 Å². The first kappa shape index (κ1) is 13.6. The average Bonchev–Trinajstić information content (AvgIpc) is 2.76. The predicted molar refractivity (Wildman–Crippen MR) is 73.2 cm³/mol. The molecule has 19 heavy (non-hydrogen) atoms. The molecule has 0 amide bonds. The fourth-order valence-electron chi connectivity index (χ4n) is 1.98. The number of carbonyl (C=O) groups is 1. The summed E-state index contributed by atoms with van der Waals surface area (Å²) in [6.07, 6.45) is 2.72. The lowest BCUT2D eigenvalue weighted by molar-refractivity contribution is -0.141. The average molecular weight is 279 g/mol. The first-order valence-electron chi connectivity index (χ1n) is 6.00. The third kappa shape index (κ3) is 3.83. The van der Waals surface area contributed by atoms with Crippen molar-refractivity contribution in [2.24, 2.45) is 13.0 Å². The third-order valence-corrected chi connectivity index (χ3v) is 3.22. The second-order valence-electron chi connectivity index (χ2n) is 4.55. The summed E-state index contributed by atoms with van der Waals surface area (Å²) in [4.78, 5) is 11.3. The summed E-state index contributed by atoms with van der Waals surface area (Å²) < 4.78 is 1.68. The topological polar surface area (TPSA) is 55.1 Å². The first-order chi connectivity index (χ1) is 9.04. The van der Waals surface area contributed by atoms with E-state index in [-0.39, 0.29) is 0 Å². The fraction of sp³-hybridized carbons (Fsp3) is 0.286. The summed E-state index contributed by atoms with van der Waals surface area (Å²) in [5.41, 5.74) is 1.76. The summed E-state index contributed by atoms with van der Waals surface area (Å²) in [7, 11) is 1.82. The Morgan fingerprint density at radius 1 is 1.32 bits per heavy atom. The van der Waals surface area contributed by atoms with Crippen molar-refractivity contribution in [1.29, 1.82) is 0 Å². The summed E-state index contributed by atoms with van der Waals surface area (Å²) in [5.74, 6) is -1.28. The van der Waals surface area contributed by atoms with E-state index in [1.165, 1.54) is 0 Å². The van der Waals surface area contributed by atoms with E-state index < -0.39 is 11.9 Å². The third-order valence-electron chi connectivity index (χ3n) is 2.97. The summed E-state index contributed by atoms with van der Waals surface area (Å²) in [5, 5.41) is 14.2. The standard InChI is InChI=1S/C14H15ClN2O2/c1-17-7-6-13(16-17)9-11(14(18)19)8-10-2-4-12(15)5-3-10/h2-7,11H,8-9H2,1H3,(H,18,19). The summed E-state index contributed by atoms with van der Waals surface area (Å²) in [6, 6.07) is 9.11. The van der Waals surface area contributed by atoms with Gasteiger partial charge in [0.15, 0.2) is 0 Å². The molecule has 1 aromatic heterocycles. The minimum Gasteiger partial charge on any atom is -0.481 e. The highest BCUT2D eigenvalue weighted by Gasteiger charge is 2.19. The predicted octanol–water partition coefficient (Wildman–Crippen LogP) is 2.56. The maximum absolute atomic E-state index is 11.3. The smallest absolute Gasteiger partial charge is 0.307 e. The Morgan fingerprint density at radius 2 is 2.00 bits per heavy atom. The molecule has 1 heterocycles. The summed E-state index contributed by atoms with van der Waals surface area (Å²) >= 11 is 5.81. The van der Waals surface area contributed by atoms with Gasteiger partial charge in [-0.3, -0.25) is 9.48 Å². The molecule has 0 aliphatic heterocycles. The molecule has 5 heteroatoms. The normalized spacial score (nSPS) is 12.3. The van der Waals surface area contributed by atoms with Crippen LogP contribution < -0.4 is 0 Å². The number of aromatic nitrogens is 2. The van der Waals surface area contributed by atoms with Crippen LogP contribution in [0.1, 0.15) is 11.3 Å². The quantitative estimate of drug-likeness (QED) is 0.914. The Hall–Kier alpha value is -1.81. The van der Waals surface area contributed by atoms with Crippen LogP contribution in [0.15, 0.2) is 36.5 Å². The molecule has 0 bridgehead atoms. The number of benzene rings is 1. The van der Waals surface area contributed by atoms with E-state index in [0.29, 0.717) is 17.9 Å². The molecule has 1 unspecified atom stereocenters. The molecule has 1 aromatic carbocycles. The zero-order valence-corrected chi connectivity index (χ0v) is 11.3. The fourth-order valence-corrected chi connectivity index (χ4v) is 2.10. The zero-order valence-electron chi connectivity index (χ0n) is 10.6. The Morgan fingerprint density at radius 3 is 2.53 bits per heavy atom. The number of rotatable bonds is 5. The largest absolute Gasteiger partial charge is 0.481 e. The maximum Gasteiger partial charge on any atom is 0.307 e. The van der Waals surface area contributed by atoms with Crippen LogP contribution in [-0.2, 0) is 24.7 Å². The van der Waals surface area contributed by atoms with Crippen molar-refractivity contribution in [3.05, 3.63) is 52.8 Å². The van der Waals surface area contributed by atoms with Crippen LogP contribution in [0, 0.1) is 5.92 Å². The van der Waals surface area contributed by atoms with Gasteiger partial charge in [-0.2, -0.15) is 5.10 Å². The zero-order chi connectivity index (χ0) is 13.8. The minimum atomic E-state index is -0.805. The highest BCUT2D eigenvalue weighted by Crippen LogP contribution is 2.16. The number of aryl methyl sites for hydroxylation is 1. The van der Waals surface area contributed by atoms with Gasteiger partial charge < -0.3 is 5.11 Å². The number of hydrogen-bond acceptors (Lipinski definition) is 2. The van der Waals surface area contributed by atoms with Gasteiger partial charge in [-0.1, -0.05) is 23.7 Å². The van der Waals surface area contributed by atoms with E-state index in [9.17, 15) is 9.90 Å². The van der Waals surface area contributed by atoms with Crippen LogP contribution in [-0.4, -0.2) is 20.9 Å². The highest BCUT2D eigenvalue weighted by molar-refractivity contribution is 6.30. The second-order valence-corrected chi connectivity index (χ2v) is 4.99. The molecule has 0 aliphatic rings.